The summed E-state index contributed by atoms with van der Waals surface area (Å²) in [7, 11) is 0. The Labute approximate surface area is 119 Å². The van der Waals surface area contributed by atoms with Crippen molar-refractivity contribution >= 4 is 5.91 Å². The maximum absolute atomic E-state index is 11.8. The number of nitrogens with two attached hydrogens (primary N) is 1. The van der Waals surface area contributed by atoms with Gasteiger partial charge in [-0.15, -0.1) is 0 Å². The van der Waals surface area contributed by atoms with E-state index in [2.05, 4.69) is 26.1 Å². The first kappa shape index (κ1) is 18.4. The van der Waals surface area contributed by atoms with E-state index in [-0.39, 0.29) is 11.3 Å². The van der Waals surface area contributed by atoms with Gasteiger partial charge >= 0.3 is 0 Å². The Morgan fingerprint density at radius 1 is 1.00 bits per heavy atom. The van der Waals surface area contributed by atoms with Gasteiger partial charge in [0, 0.05) is 13.0 Å². The van der Waals surface area contributed by atoms with Crippen LogP contribution in [0.2, 0.25) is 0 Å². The van der Waals surface area contributed by atoms with Crippen LogP contribution in [0.4, 0.5) is 0 Å². The van der Waals surface area contributed by atoms with Crippen molar-refractivity contribution in [2.24, 2.45) is 11.1 Å². The Balaban J connectivity index is 3.69. The lowest BCUT2D eigenvalue weighted by Crippen LogP contribution is -2.41. The molecule has 0 saturated carbocycles. The van der Waals surface area contributed by atoms with E-state index in [0.29, 0.717) is 13.0 Å². The monoisotopic (exact) mass is 270 g/mol. The summed E-state index contributed by atoms with van der Waals surface area (Å²) in [6, 6.07) is 0. The van der Waals surface area contributed by atoms with Gasteiger partial charge in [-0.25, -0.2) is 0 Å². The van der Waals surface area contributed by atoms with Crippen LogP contribution in [0.5, 0.6) is 0 Å². The molecule has 0 aromatic rings. The molecule has 3 N–H and O–H groups in total. The van der Waals surface area contributed by atoms with Crippen LogP contribution in [0.15, 0.2) is 0 Å². The maximum atomic E-state index is 11.8. The lowest BCUT2D eigenvalue weighted by Gasteiger charge is -2.30. The first-order valence-corrected chi connectivity index (χ1v) is 8.11. The van der Waals surface area contributed by atoms with Crippen molar-refractivity contribution in [1.82, 2.24) is 5.32 Å². The van der Waals surface area contributed by atoms with Crippen LogP contribution in [-0.4, -0.2) is 19.0 Å². The van der Waals surface area contributed by atoms with Gasteiger partial charge < -0.3 is 11.1 Å². The molecule has 3 nitrogen and oxygen atoms in total. The van der Waals surface area contributed by atoms with Gasteiger partial charge in [-0.3, -0.25) is 4.79 Å². The summed E-state index contributed by atoms with van der Waals surface area (Å²) < 4.78 is 0. The highest BCUT2D eigenvalue weighted by Crippen LogP contribution is 2.23. The fraction of sp³-hybridized carbons (Fsp3) is 0.938. The van der Waals surface area contributed by atoms with E-state index in [1.54, 1.807) is 0 Å². The molecule has 114 valence electrons. The molecule has 0 rings (SSSR count). The fourth-order valence-corrected chi connectivity index (χ4v) is 2.30. The standard InChI is InChI=1S/C16H34N2O/c1-4-7-8-9-10-11-12-15(19)18-14-16(5-2,6-3)13-17/h4-14,17H2,1-3H3,(H,18,19). The van der Waals surface area contributed by atoms with Crippen LogP contribution in [0.1, 0.15) is 78.6 Å². The second-order valence-electron chi connectivity index (χ2n) is 5.71. The molecule has 19 heavy (non-hydrogen) atoms. The molecule has 0 unspecified atom stereocenters. The highest BCUT2D eigenvalue weighted by Gasteiger charge is 2.24. The van der Waals surface area contributed by atoms with Crippen molar-refractivity contribution < 1.29 is 4.79 Å². The number of hydrogen-bond donors (Lipinski definition) is 2. The summed E-state index contributed by atoms with van der Waals surface area (Å²) in [5, 5.41) is 3.06. The van der Waals surface area contributed by atoms with E-state index in [0.717, 1.165) is 25.8 Å². The zero-order chi connectivity index (χ0) is 14.6. The smallest absolute Gasteiger partial charge is 0.220 e. The molecule has 0 aromatic heterocycles. The van der Waals surface area contributed by atoms with Crippen molar-refractivity contribution in [3.63, 3.8) is 0 Å². The van der Waals surface area contributed by atoms with Crippen LogP contribution in [-0.2, 0) is 4.79 Å². The lowest BCUT2D eigenvalue weighted by atomic mass is 9.82. The average Bonchev–Trinajstić information content (AvgIpc) is 2.45. The number of amides is 1. The van der Waals surface area contributed by atoms with Gasteiger partial charge in [-0.05, 0) is 31.2 Å². The Morgan fingerprint density at radius 2 is 1.58 bits per heavy atom. The van der Waals surface area contributed by atoms with Crippen LogP contribution in [0.3, 0.4) is 0 Å². The van der Waals surface area contributed by atoms with Crippen LogP contribution < -0.4 is 11.1 Å². The predicted molar refractivity (Wildman–Crippen MR) is 83.1 cm³/mol. The van der Waals surface area contributed by atoms with Gasteiger partial charge in [0.1, 0.15) is 0 Å². The van der Waals surface area contributed by atoms with Crippen LogP contribution in [0, 0.1) is 5.41 Å². The molecule has 0 aromatic carbocycles. The number of carbonyl (C=O) groups excluding carboxylic acids is 1. The van der Waals surface area contributed by atoms with E-state index in [4.69, 9.17) is 5.73 Å². The Kier molecular flexibility index (Phi) is 10.9. The van der Waals surface area contributed by atoms with Crippen molar-refractivity contribution in [3.8, 4) is 0 Å². The second-order valence-corrected chi connectivity index (χ2v) is 5.71. The number of nitrogens with one attached hydrogen (secondary N) is 1. The first-order chi connectivity index (χ1) is 9.14. The fourth-order valence-electron chi connectivity index (χ4n) is 2.30. The van der Waals surface area contributed by atoms with E-state index >= 15 is 0 Å². The number of carbonyl (C=O) groups is 1. The van der Waals surface area contributed by atoms with Gasteiger partial charge in [0.15, 0.2) is 0 Å². The Hall–Kier alpha value is -0.570. The third-order valence-corrected chi connectivity index (χ3v) is 4.35. The predicted octanol–water partition coefficient (Wildman–Crippen LogP) is 3.62. The summed E-state index contributed by atoms with van der Waals surface area (Å²) in [6.45, 7) is 7.90. The molecule has 0 radical (unpaired) electrons. The summed E-state index contributed by atoms with van der Waals surface area (Å²) in [5.74, 6) is 0.190. The molecule has 0 heterocycles. The molecular weight excluding hydrogens is 236 g/mol. The van der Waals surface area contributed by atoms with Gasteiger partial charge in [0.25, 0.3) is 0 Å². The second kappa shape index (κ2) is 11.3. The minimum atomic E-state index is 0.0940. The minimum Gasteiger partial charge on any atom is -0.355 e. The molecule has 0 bridgehead atoms. The van der Waals surface area contributed by atoms with Crippen molar-refractivity contribution in [2.45, 2.75) is 78.6 Å². The SMILES string of the molecule is CCCCCCCCC(=O)NCC(CC)(CC)CN. The van der Waals surface area contributed by atoms with Crippen LogP contribution in [0.25, 0.3) is 0 Å². The molecule has 0 aliphatic rings. The molecule has 0 fully saturated rings. The topological polar surface area (TPSA) is 55.1 Å². The maximum Gasteiger partial charge on any atom is 0.220 e. The number of rotatable bonds is 12. The Bertz CT molecular complexity index is 217. The van der Waals surface area contributed by atoms with Gasteiger partial charge in [0.2, 0.25) is 5.91 Å². The van der Waals surface area contributed by atoms with Crippen molar-refractivity contribution in [3.05, 3.63) is 0 Å². The van der Waals surface area contributed by atoms with E-state index in [1.165, 1.54) is 32.1 Å². The quantitative estimate of drug-likeness (QED) is 0.532. The zero-order valence-electron chi connectivity index (χ0n) is 13.3. The molecule has 1 amide bonds. The average molecular weight is 270 g/mol. The third-order valence-electron chi connectivity index (χ3n) is 4.35. The lowest BCUT2D eigenvalue weighted by molar-refractivity contribution is -0.121. The number of unbranched alkanes of at least 4 members (excludes halogenated alkanes) is 5. The molecule has 3 heteroatoms. The molecule has 0 atom stereocenters. The van der Waals surface area contributed by atoms with Gasteiger partial charge in [-0.2, -0.15) is 0 Å². The first-order valence-electron chi connectivity index (χ1n) is 8.11. The summed E-state index contributed by atoms with van der Waals surface area (Å²) in [4.78, 5) is 11.8. The number of hydrogen-bond acceptors (Lipinski definition) is 2. The van der Waals surface area contributed by atoms with Gasteiger partial charge in [-0.1, -0.05) is 52.9 Å². The van der Waals surface area contributed by atoms with E-state index < -0.39 is 0 Å². The molecule has 0 saturated heterocycles. The minimum absolute atomic E-state index is 0.0940. The highest BCUT2D eigenvalue weighted by molar-refractivity contribution is 5.75. The van der Waals surface area contributed by atoms with E-state index in [9.17, 15) is 4.79 Å². The summed E-state index contributed by atoms with van der Waals surface area (Å²) in [5.41, 5.74) is 5.93. The van der Waals surface area contributed by atoms with Gasteiger partial charge in [0.05, 0.1) is 0 Å². The summed E-state index contributed by atoms with van der Waals surface area (Å²) >= 11 is 0. The molecule has 0 aliphatic carbocycles. The van der Waals surface area contributed by atoms with Crippen LogP contribution >= 0.6 is 0 Å². The summed E-state index contributed by atoms with van der Waals surface area (Å²) in [6.07, 6.45) is 10.1. The van der Waals surface area contributed by atoms with Crippen molar-refractivity contribution in [2.75, 3.05) is 13.1 Å². The van der Waals surface area contributed by atoms with Crippen molar-refractivity contribution in [1.29, 1.82) is 0 Å². The molecule has 0 spiro atoms. The zero-order valence-corrected chi connectivity index (χ0v) is 13.3. The third kappa shape index (κ3) is 8.25. The molecular formula is C16H34N2O. The Morgan fingerprint density at radius 3 is 2.11 bits per heavy atom. The largest absolute Gasteiger partial charge is 0.355 e. The normalized spacial score (nSPS) is 11.6. The highest BCUT2D eigenvalue weighted by atomic mass is 16.1. The van der Waals surface area contributed by atoms with E-state index in [1.807, 2.05) is 0 Å². The molecule has 0 aliphatic heterocycles.